The molecule has 1 aliphatic heterocycles. The monoisotopic (exact) mass is 739 g/mol. The molecule has 5 aromatic rings. The van der Waals surface area contributed by atoms with Crippen molar-refractivity contribution in [3.8, 4) is 17.2 Å². The predicted octanol–water partition coefficient (Wildman–Crippen LogP) is 8.87. The number of oxime groups is 1. The molecule has 47 heavy (non-hydrogen) atoms. The van der Waals surface area contributed by atoms with Gasteiger partial charge in [0, 0.05) is 22.0 Å². The third-order valence-electron chi connectivity index (χ3n) is 7.74. The smallest absolute Gasteiger partial charge is 0.342 e. The number of rotatable bonds is 13. The first kappa shape index (κ1) is 32.1. The van der Waals surface area contributed by atoms with Crippen LogP contribution in [-0.2, 0) is 35.8 Å². The van der Waals surface area contributed by atoms with E-state index in [1.54, 1.807) is 0 Å². The molecule has 0 spiro atoms. The maximum absolute atomic E-state index is 13.1. The molecule has 0 aromatic heterocycles. The summed E-state index contributed by atoms with van der Waals surface area (Å²) in [5.74, 6) is 1.04. The summed E-state index contributed by atoms with van der Waals surface area (Å²) in [5, 5.41) is 4.50. The van der Waals surface area contributed by atoms with Gasteiger partial charge in [0.2, 0.25) is 0 Å². The second kappa shape index (κ2) is 15.6. The molecular formula is C39H34INO6. The number of carbonyl (C=O) groups is 1. The van der Waals surface area contributed by atoms with Crippen molar-refractivity contribution in [3.05, 3.63) is 158 Å². The fourth-order valence-corrected chi connectivity index (χ4v) is 6.15. The summed E-state index contributed by atoms with van der Waals surface area (Å²) < 4.78 is 25.0. The summed E-state index contributed by atoms with van der Waals surface area (Å²) >= 11 is 2.14. The van der Waals surface area contributed by atoms with E-state index in [1.807, 2.05) is 121 Å². The summed E-state index contributed by atoms with van der Waals surface area (Å²) in [5.41, 5.74) is 5.97. The molecule has 238 valence electrons. The van der Waals surface area contributed by atoms with Crippen LogP contribution in [0.25, 0.3) is 0 Å². The van der Waals surface area contributed by atoms with E-state index >= 15 is 0 Å². The molecule has 0 radical (unpaired) electrons. The van der Waals surface area contributed by atoms with Gasteiger partial charge in [0.1, 0.15) is 31.1 Å². The Bertz CT molecular complexity index is 1830. The van der Waals surface area contributed by atoms with Gasteiger partial charge in [-0.15, -0.1) is 0 Å². The highest BCUT2D eigenvalue weighted by molar-refractivity contribution is 14.1. The Kier molecular flexibility index (Phi) is 10.7. The normalized spacial score (nSPS) is 13.7. The molecule has 7 nitrogen and oxygen atoms in total. The third-order valence-corrected chi connectivity index (χ3v) is 8.59. The maximum atomic E-state index is 13.1. The molecule has 6 rings (SSSR count). The van der Waals surface area contributed by atoms with Crippen LogP contribution < -0.4 is 14.2 Å². The fraction of sp³-hybridized carbons (Fsp3) is 0.179. The average molecular weight is 740 g/mol. The molecule has 5 aromatic carbocycles. The van der Waals surface area contributed by atoms with Crippen molar-refractivity contribution in [1.29, 1.82) is 0 Å². The highest BCUT2D eigenvalue weighted by Crippen LogP contribution is 2.45. The van der Waals surface area contributed by atoms with Gasteiger partial charge in [0.05, 0.1) is 12.8 Å². The molecule has 8 heteroatoms. The van der Waals surface area contributed by atoms with Gasteiger partial charge >= 0.3 is 5.97 Å². The number of hydrogen-bond acceptors (Lipinski definition) is 7. The van der Waals surface area contributed by atoms with E-state index in [0.717, 1.165) is 39.3 Å². The van der Waals surface area contributed by atoms with Crippen molar-refractivity contribution >= 4 is 34.3 Å². The molecular weight excluding hydrogens is 705 g/mol. The van der Waals surface area contributed by atoms with Gasteiger partial charge in [-0.25, -0.2) is 4.79 Å². The van der Waals surface area contributed by atoms with Crippen LogP contribution in [0.15, 0.2) is 126 Å². The zero-order valence-electron chi connectivity index (χ0n) is 25.9. The molecule has 0 amide bonds. The Morgan fingerprint density at radius 3 is 1.87 bits per heavy atom. The van der Waals surface area contributed by atoms with Crippen molar-refractivity contribution in [2.75, 3.05) is 7.11 Å². The van der Waals surface area contributed by atoms with Gasteiger partial charge in [0.25, 0.3) is 0 Å². The van der Waals surface area contributed by atoms with Gasteiger partial charge in [-0.1, -0.05) is 114 Å². The number of esters is 1. The number of carbonyl (C=O) groups excluding carboxylic acids is 1. The molecule has 0 fully saturated rings. The van der Waals surface area contributed by atoms with E-state index in [1.165, 1.54) is 7.11 Å². The van der Waals surface area contributed by atoms with Crippen LogP contribution in [0.1, 0.15) is 50.7 Å². The van der Waals surface area contributed by atoms with Crippen LogP contribution in [0, 0.1) is 3.57 Å². The lowest BCUT2D eigenvalue weighted by atomic mass is 9.97. The predicted molar refractivity (Wildman–Crippen MR) is 189 cm³/mol. The molecule has 0 saturated heterocycles. The highest BCUT2D eigenvalue weighted by Gasteiger charge is 2.33. The van der Waals surface area contributed by atoms with E-state index < -0.39 is 12.1 Å². The Labute approximate surface area is 288 Å². The summed E-state index contributed by atoms with van der Waals surface area (Å²) in [6, 6.07) is 39.6. The van der Waals surface area contributed by atoms with Crippen LogP contribution >= 0.6 is 22.6 Å². The van der Waals surface area contributed by atoms with E-state index in [4.69, 9.17) is 23.8 Å². The number of halogens is 1. The number of benzene rings is 5. The van der Waals surface area contributed by atoms with Crippen LogP contribution in [0.2, 0.25) is 0 Å². The largest absolute Gasteiger partial charge is 0.489 e. The lowest BCUT2D eigenvalue weighted by Gasteiger charge is -2.22. The third kappa shape index (κ3) is 8.13. The Morgan fingerprint density at radius 2 is 1.28 bits per heavy atom. The quantitative estimate of drug-likeness (QED) is 0.0888. The molecule has 1 aliphatic rings. The van der Waals surface area contributed by atoms with Crippen LogP contribution in [0.4, 0.5) is 0 Å². The van der Waals surface area contributed by atoms with Gasteiger partial charge in [-0.3, -0.25) is 0 Å². The molecule has 1 atom stereocenters. The van der Waals surface area contributed by atoms with Crippen molar-refractivity contribution in [1.82, 2.24) is 0 Å². The highest BCUT2D eigenvalue weighted by atomic mass is 127. The summed E-state index contributed by atoms with van der Waals surface area (Å²) in [4.78, 5) is 19.2. The molecule has 0 aliphatic carbocycles. The van der Waals surface area contributed by atoms with E-state index in [0.29, 0.717) is 40.1 Å². The maximum Gasteiger partial charge on any atom is 0.342 e. The van der Waals surface area contributed by atoms with Crippen molar-refractivity contribution in [2.45, 2.75) is 38.8 Å². The molecule has 0 N–H and O–H groups in total. The van der Waals surface area contributed by atoms with Gasteiger partial charge in [-0.05, 0) is 57.0 Å². The second-order valence-electron chi connectivity index (χ2n) is 11.0. The lowest BCUT2D eigenvalue weighted by molar-refractivity contribution is 0.0590. The standard InChI is InChI=1S/C39H34INO6/c1-43-39(42)36-33(40)23-32(37(45-25-28-15-7-3-8-16-28)38(36)46-26-29-17-9-4-10-18-29)35-22-31(41-47-35)21-30-19-11-12-20-34(30)44-24-27-13-5-2-6-14-27/h2-20,23,35H,21-22,24-26H2,1H3. The number of ether oxygens (including phenoxy) is 4. The van der Waals surface area contributed by atoms with Gasteiger partial charge in [-0.2, -0.15) is 0 Å². The van der Waals surface area contributed by atoms with Crippen LogP contribution in [-0.4, -0.2) is 18.8 Å². The average Bonchev–Trinajstić information content (AvgIpc) is 3.59. The number of methoxy groups -OCH3 is 1. The SMILES string of the molecule is COC(=O)c1c(I)cc(C2CC(Cc3ccccc3OCc3ccccc3)=NO2)c(OCc2ccccc2)c1OCc1ccccc1. The number of para-hydroxylation sites is 1. The first-order chi connectivity index (χ1) is 23.1. The minimum atomic E-state index is -0.509. The Morgan fingerprint density at radius 1 is 0.745 bits per heavy atom. The van der Waals surface area contributed by atoms with Crippen LogP contribution in [0.5, 0.6) is 17.2 Å². The van der Waals surface area contributed by atoms with E-state index in [-0.39, 0.29) is 13.2 Å². The molecule has 1 heterocycles. The van der Waals surface area contributed by atoms with E-state index in [9.17, 15) is 4.79 Å². The minimum absolute atomic E-state index is 0.235. The Balaban J connectivity index is 1.28. The topological polar surface area (TPSA) is 75.6 Å². The van der Waals surface area contributed by atoms with Crippen LogP contribution in [0.3, 0.4) is 0 Å². The molecule has 0 saturated carbocycles. The summed E-state index contributed by atoms with van der Waals surface area (Å²) in [6.45, 7) is 0.977. The first-order valence-electron chi connectivity index (χ1n) is 15.3. The van der Waals surface area contributed by atoms with E-state index in [2.05, 4.69) is 27.7 Å². The van der Waals surface area contributed by atoms with Gasteiger partial charge in [0.15, 0.2) is 17.6 Å². The zero-order valence-corrected chi connectivity index (χ0v) is 28.1. The Hall–Kier alpha value is -4.83. The molecule has 1 unspecified atom stereocenters. The minimum Gasteiger partial charge on any atom is -0.489 e. The lowest BCUT2D eigenvalue weighted by Crippen LogP contribution is -2.14. The zero-order chi connectivity index (χ0) is 32.4. The number of nitrogens with zero attached hydrogens (tertiary/aromatic N) is 1. The summed E-state index contributed by atoms with van der Waals surface area (Å²) in [7, 11) is 1.36. The fourth-order valence-electron chi connectivity index (χ4n) is 5.35. The first-order valence-corrected chi connectivity index (χ1v) is 16.4. The van der Waals surface area contributed by atoms with Crippen molar-refractivity contribution in [3.63, 3.8) is 0 Å². The molecule has 0 bridgehead atoms. The van der Waals surface area contributed by atoms with Crippen molar-refractivity contribution in [2.24, 2.45) is 5.16 Å². The van der Waals surface area contributed by atoms with Crippen molar-refractivity contribution < 1.29 is 28.6 Å². The van der Waals surface area contributed by atoms with Gasteiger partial charge < -0.3 is 23.8 Å². The number of hydrogen-bond donors (Lipinski definition) is 0. The second-order valence-corrected chi connectivity index (χ2v) is 12.2. The summed E-state index contributed by atoms with van der Waals surface area (Å²) in [6.07, 6.45) is 0.643.